The molecule has 2 aromatic rings. The molecule has 0 radical (unpaired) electrons. The van der Waals surface area contributed by atoms with Gasteiger partial charge in [-0.2, -0.15) is 0 Å². The standard InChI is InChI=1S/C23H28BrClN2O3/c1-4-16(3)26-23(29)20(5-2)27(14-17-9-7-6-8-10-17)22(28)15-30-21-12-11-18(25)13-19(21)24/h6-13,16,20H,4-5,14-15H2,1-3H3,(H,26,29). The fraction of sp³-hybridized carbons (Fsp3) is 0.391. The first-order valence-electron chi connectivity index (χ1n) is 10.1. The van der Waals surface area contributed by atoms with Gasteiger partial charge in [-0.1, -0.05) is 55.8 Å². The molecular weight excluding hydrogens is 468 g/mol. The summed E-state index contributed by atoms with van der Waals surface area (Å²) in [5.74, 6) is 0.111. The Kier molecular flexibility index (Phi) is 9.66. The minimum atomic E-state index is -0.580. The van der Waals surface area contributed by atoms with Crippen molar-refractivity contribution in [2.24, 2.45) is 0 Å². The smallest absolute Gasteiger partial charge is 0.261 e. The summed E-state index contributed by atoms with van der Waals surface area (Å²) in [6, 6.07) is 14.2. The first-order valence-corrected chi connectivity index (χ1v) is 11.2. The van der Waals surface area contributed by atoms with Crippen molar-refractivity contribution in [3.8, 4) is 5.75 Å². The number of hydrogen-bond acceptors (Lipinski definition) is 3. The molecule has 2 amide bonds. The summed E-state index contributed by atoms with van der Waals surface area (Å²) >= 11 is 9.35. The molecular formula is C23H28BrClN2O3. The van der Waals surface area contributed by atoms with E-state index in [4.69, 9.17) is 16.3 Å². The number of amides is 2. The van der Waals surface area contributed by atoms with Crippen LogP contribution in [0.3, 0.4) is 0 Å². The summed E-state index contributed by atoms with van der Waals surface area (Å²) in [7, 11) is 0. The van der Waals surface area contributed by atoms with Crippen LogP contribution in [0.1, 0.15) is 39.2 Å². The molecule has 0 aliphatic heterocycles. The van der Waals surface area contributed by atoms with Gasteiger partial charge in [-0.3, -0.25) is 9.59 Å². The van der Waals surface area contributed by atoms with E-state index in [-0.39, 0.29) is 24.5 Å². The zero-order valence-electron chi connectivity index (χ0n) is 17.5. The number of benzene rings is 2. The van der Waals surface area contributed by atoms with Crippen LogP contribution in [0.2, 0.25) is 5.02 Å². The van der Waals surface area contributed by atoms with E-state index in [9.17, 15) is 9.59 Å². The number of hydrogen-bond donors (Lipinski definition) is 1. The molecule has 0 saturated carbocycles. The Balaban J connectivity index is 2.20. The van der Waals surface area contributed by atoms with Crippen molar-refractivity contribution in [3.63, 3.8) is 0 Å². The Labute approximate surface area is 191 Å². The Morgan fingerprint density at radius 1 is 1.13 bits per heavy atom. The van der Waals surface area contributed by atoms with E-state index >= 15 is 0 Å². The third kappa shape index (κ3) is 7.03. The predicted octanol–water partition coefficient (Wildman–Crippen LogP) is 5.20. The summed E-state index contributed by atoms with van der Waals surface area (Å²) < 4.78 is 6.39. The highest BCUT2D eigenvalue weighted by atomic mass is 79.9. The second-order valence-electron chi connectivity index (χ2n) is 7.11. The van der Waals surface area contributed by atoms with Crippen molar-refractivity contribution < 1.29 is 14.3 Å². The minimum absolute atomic E-state index is 0.0431. The molecule has 2 atom stereocenters. The van der Waals surface area contributed by atoms with Crippen LogP contribution in [-0.2, 0) is 16.1 Å². The molecule has 0 bridgehead atoms. The number of ether oxygens (including phenoxy) is 1. The number of carbonyl (C=O) groups is 2. The largest absolute Gasteiger partial charge is 0.483 e. The van der Waals surface area contributed by atoms with Crippen LogP contribution >= 0.6 is 27.5 Å². The lowest BCUT2D eigenvalue weighted by atomic mass is 10.1. The quantitative estimate of drug-likeness (QED) is 0.493. The molecule has 2 unspecified atom stereocenters. The number of halogens is 2. The summed E-state index contributed by atoms with van der Waals surface area (Å²) in [4.78, 5) is 27.6. The highest BCUT2D eigenvalue weighted by Crippen LogP contribution is 2.28. The second-order valence-corrected chi connectivity index (χ2v) is 8.40. The topological polar surface area (TPSA) is 58.6 Å². The predicted molar refractivity (Wildman–Crippen MR) is 124 cm³/mol. The molecule has 162 valence electrons. The van der Waals surface area contributed by atoms with Gasteiger partial charge < -0.3 is 15.0 Å². The van der Waals surface area contributed by atoms with Gasteiger partial charge in [0.2, 0.25) is 5.91 Å². The zero-order valence-corrected chi connectivity index (χ0v) is 19.9. The van der Waals surface area contributed by atoms with Crippen molar-refractivity contribution >= 4 is 39.3 Å². The van der Waals surface area contributed by atoms with Gasteiger partial charge in [-0.15, -0.1) is 0 Å². The second kappa shape index (κ2) is 12.0. The summed E-state index contributed by atoms with van der Waals surface area (Å²) in [5, 5.41) is 3.56. The highest BCUT2D eigenvalue weighted by molar-refractivity contribution is 9.10. The first kappa shape index (κ1) is 24.2. The normalized spacial score (nSPS) is 12.7. The third-order valence-electron chi connectivity index (χ3n) is 4.83. The van der Waals surface area contributed by atoms with Crippen molar-refractivity contribution in [3.05, 3.63) is 63.6 Å². The van der Waals surface area contributed by atoms with E-state index in [1.54, 1.807) is 23.1 Å². The number of nitrogens with zero attached hydrogens (tertiary/aromatic N) is 1. The highest BCUT2D eigenvalue weighted by Gasteiger charge is 2.29. The molecule has 0 saturated heterocycles. The van der Waals surface area contributed by atoms with Crippen LogP contribution in [-0.4, -0.2) is 35.4 Å². The molecule has 5 nitrogen and oxygen atoms in total. The molecule has 30 heavy (non-hydrogen) atoms. The Morgan fingerprint density at radius 2 is 1.83 bits per heavy atom. The van der Waals surface area contributed by atoms with Gasteiger partial charge in [0.05, 0.1) is 4.47 Å². The van der Waals surface area contributed by atoms with Crippen molar-refractivity contribution in [1.82, 2.24) is 10.2 Å². The van der Waals surface area contributed by atoms with Gasteiger partial charge in [0, 0.05) is 17.6 Å². The SMILES string of the molecule is CCC(C)NC(=O)C(CC)N(Cc1ccccc1)C(=O)COc1ccc(Cl)cc1Br. The average Bonchev–Trinajstić information content (AvgIpc) is 2.73. The molecule has 0 heterocycles. The maximum atomic E-state index is 13.1. The lowest BCUT2D eigenvalue weighted by Crippen LogP contribution is -2.51. The molecule has 2 aromatic carbocycles. The van der Waals surface area contributed by atoms with Crippen molar-refractivity contribution in [1.29, 1.82) is 0 Å². The summed E-state index contributed by atoms with van der Waals surface area (Å²) in [6.45, 7) is 6.02. The van der Waals surface area contributed by atoms with E-state index in [0.29, 0.717) is 28.2 Å². The molecule has 7 heteroatoms. The maximum Gasteiger partial charge on any atom is 0.261 e. The average molecular weight is 496 g/mol. The fourth-order valence-corrected chi connectivity index (χ4v) is 3.75. The molecule has 0 aliphatic carbocycles. The lowest BCUT2D eigenvalue weighted by Gasteiger charge is -2.31. The molecule has 0 fully saturated rings. The van der Waals surface area contributed by atoms with Crippen molar-refractivity contribution in [2.75, 3.05) is 6.61 Å². The van der Waals surface area contributed by atoms with E-state index in [1.165, 1.54) is 0 Å². The molecule has 2 rings (SSSR count). The fourth-order valence-electron chi connectivity index (χ4n) is 2.96. The lowest BCUT2D eigenvalue weighted by molar-refractivity contribution is -0.143. The van der Waals surface area contributed by atoms with Gasteiger partial charge >= 0.3 is 0 Å². The zero-order chi connectivity index (χ0) is 22.1. The van der Waals surface area contributed by atoms with Crippen LogP contribution in [0.25, 0.3) is 0 Å². The molecule has 0 spiro atoms. The first-order chi connectivity index (χ1) is 14.3. The van der Waals surface area contributed by atoms with Crippen LogP contribution < -0.4 is 10.1 Å². The van der Waals surface area contributed by atoms with Crippen molar-refractivity contribution in [2.45, 2.75) is 52.2 Å². The van der Waals surface area contributed by atoms with Gasteiger partial charge in [-0.25, -0.2) is 0 Å². The molecule has 0 aliphatic rings. The van der Waals surface area contributed by atoms with E-state index < -0.39 is 6.04 Å². The van der Waals surface area contributed by atoms with Crippen LogP contribution in [0.5, 0.6) is 5.75 Å². The Hall–Kier alpha value is -2.05. The van der Waals surface area contributed by atoms with E-state index in [1.807, 2.05) is 51.1 Å². The minimum Gasteiger partial charge on any atom is -0.483 e. The van der Waals surface area contributed by atoms with Crippen LogP contribution in [0.15, 0.2) is 53.0 Å². The molecule has 0 aromatic heterocycles. The van der Waals surface area contributed by atoms with Gasteiger partial charge in [0.1, 0.15) is 11.8 Å². The number of rotatable bonds is 10. The summed E-state index contributed by atoms with van der Waals surface area (Å²) in [5.41, 5.74) is 0.952. The monoisotopic (exact) mass is 494 g/mol. The van der Waals surface area contributed by atoms with Gasteiger partial charge in [0.25, 0.3) is 5.91 Å². The Morgan fingerprint density at radius 3 is 2.43 bits per heavy atom. The van der Waals surface area contributed by atoms with E-state index in [2.05, 4.69) is 21.2 Å². The van der Waals surface area contributed by atoms with Gasteiger partial charge in [-0.05, 0) is 59.5 Å². The third-order valence-corrected chi connectivity index (χ3v) is 5.68. The van der Waals surface area contributed by atoms with Gasteiger partial charge in [0.15, 0.2) is 6.61 Å². The maximum absolute atomic E-state index is 13.1. The number of nitrogens with one attached hydrogen (secondary N) is 1. The van der Waals surface area contributed by atoms with Crippen LogP contribution in [0.4, 0.5) is 0 Å². The summed E-state index contributed by atoms with van der Waals surface area (Å²) in [6.07, 6.45) is 1.33. The number of carbonyl (C=O) groups excluding carboxylic acids is 2. The van der Waals surface area contributed by atoms with Crippen LogP contribution in [0, 0.1) is 0 Å². The molecule has 1 N–H and O–H groups in total. The van der Waals surface area contributed by atoms with E-state index in [0.717, 1.165) is 12.0 Å². The Bertz CT molecular complexity index is 848.